The summed E-state index contributed by atoms with van der Waals surface area (Å²) in [5.41, 5.74) is 5.27. The van der Waals surface area contributed by atoms with Crippen LogP contribution in [0.5, 0.6) is 0 Å². The van der Waals surface area contributed by atoms with Crippen LogP contribution >= 0.6 is 0 Å². The molecule has 0 aliphatic carbocycles. The number of rotatable bonds is 4. The Hall–Kier alpha value is -1.14. The minimum Gasteiger partial charge on any atom is -0.368 e. The number of piperidine rings is 1. The Morgan fingerprint density at radius 1 is 1.26 bits per heavy atom. The molecule has 0 saturated carbocycles. The third kappa shape index (κ3) is 3.91. The second-order valence-corrected chi connectivity index (χ2v) is 5.29. The smallest absolute Gasteiger partial charge is 0.252 e. The van der Waals surface area contributed by atoms with Gasteiger partial charge in [0, 0.05) is 19.2 Å². The molecule has 0 bridgehead atoms. The summed E-state index contributed by atoms with van der Waals surface area (Å²) in [5, 5.41) is 3.26. The molecule has 2 amide bonds. The SMILES string of the molecule is NC(=O)CN(C(=O)C1CCCCO1)C1CCCNC1. The second kappa shape index (κ2) is 6.86. The third-order valence-corrected chi connectivity index (χ3v) is 3.78. The van der Waals surface area contributed by atoms with Crippen molar-refractivity contribution in [3.05, 3.63) is 0 Å². The van der Waals surface area contributed by atoms with E-state index in [1.807, 2.05) is 0 Å². The first-order valence-corrected chi connectivity index (χ1v) is 7.09. The molecular formula is C13H23N3O3. The van der Waals surface area contributed by atoms with Gasteiger partial charge in [-0.15, -0.1) is 0 Å². The van der Waals surface area contributed by atoms with Crippen molar-refractivity contribution in [2.75, 3.05) is 26.2 Å². The first-order valence-electron chi connectivity index (χ1n) is 7.09. The van der Waals surface area contributed by atoms with Gasteiger partial charge in [-0.3, -0.25) is 9.59 Å². The van der Waals surface area contributed by atoms with Crippen LogP contribution in [0.1, 0.15) is 32.1 Å². The summed E-state index contributed by atoms with van der Waals surface area (Å²) in [6.45, 7) is 2.32. The number of primary amides is 1. The molecule has 19 heavy (non-hydrogen) atoms. The second-order valence-electron chi connectivity index (χ2n) is 5.29. The zero-order valence-corrected chi connectivity index (χ0v) is 11.3. The molecule has 2 atom stereocenters. The highest BCUT2D eigenvalue weighted by atomic mass is 16.5. The summed E-state index contributed by atoms with van der Waals surface area (Å²) in [7, 11) is 0. The number of nitrogens with two attached hydrogens (primary N) is 1. The fourth-order valence-corrected chi connectivity index (χ4v) is 2.77. The molecule has 0 aromatic rings. The van der Waals surface area contributed by atoms with E-state index in [1.165, 1.54) is 0 Å². The molecule has 2 heterocycles. The molecule has 0 radical (unpaired) electrons. The van der Waals surface area contributed by atoms with Gasteiger partial charge in [0.25, 0.3) is 5.91 Å². The van der Waals surface area contributed by atoms with Crippen molar-refractivity contribution in [3.8, 4) is 0 Å². The zero-order valence-electron chi connectivity index (χ0n) is 11.3. The number of carbonyl (C=O) groups excluding carboxylic acids is 2. The highest BCUT2D eigenvalue weighted by Gasteiger charge is 2.32. The van der Waals surface area contributed by atoms with E-state index in [9.17, 15) is 9.59 Å². The zero-order chi connectivity index (χ0) is 13.7. The van der Waals surface area contributed by atoms with E-state index >= 15 is 0 Å². The van der Waals surface area contributed by atoms with Gasteiger partial charge in [-0.1, -0.05) is 0 Å². The number of ether oxygens (including phenoxy) is 1. The van der Waals surface area contributed by atoms with Crippen LogP contribution in [0.4, 0.5) is 0 Å². The van der Waals surface area contributed by atoms with Crippen LogP contribution in [0.25, 0.3) is 0 Å². The predicted octanol–water partition coefficient (Wildman–Crippen LogP) is -0.379. The molecule has 2 aliphatic heterocycles. The van der Waals surface area contributed by atoms with Crippen LogP contribution in [0, 0.1) is 0 Å². The molecular weight excluding hydrogens is 246 g/mol. The Bertz CT molecular complexity index is 323. The van der Waals surface area contributed by atoms with E-state index < -0.39 is 12.0 Å². The molecule has 2 rings (SSSR count). The Morgan fingerprint density at radius 2 is 2.11 bits per heavy atom. The molecule has 108 valence electrons. The van der Waals surface area contributed by atoms with Crippen LogP contribution in [0.3, 0.4) is 0 Å². The van der Waals surface area contributed by atoms with Gasteiger partial charge in [0.2, 0.25) is 5.91 Å². The number of nitrogens with one attached hydrogen (secondary N) is 1. The third-order valence-electron chi connectivity index (χ3n) is 3.78. The van der Waals surface area contributed by atoms with Crippen molar-refractivity contribution in [2.24, 2.45) is 5.73 Å². The first-order chi connectivity index (χ1) is 9.18. The summed E-state index contributed by atoms with van der Waals surface area (Å²) in [6, 6.07) is 0.0549. The van der Waals surface area contributed by atoms with Crippen molar-refractivity contribution >= 4 is 11.8 Å². The average Bonchev–Trinajstić information content (AvgIpc) is 2.46. The van der Waals surface area contributed by atoms with Crippen LogP contribution in [0.15, 0.2) is 0 Å². The normalized spacial score (nSPS) is 27.8. The largest absolute Gasteiger partial charge is 0.368 e. The highest BCUT2D eigenvalue weighted by molar-refractivity contribution is 5.86. The standard InChI is InChI=1S/C13H23N3O3/c14-12(17)9-16(10-4-3-6-15-8-10)13(18)11-5-1-2-7-19-11/h10-11,15H,1-9H2,(H2,14,17). The Morgan fingerprint density at radius 3 is 2.68 bits per heavy atom. The van der Waals surface area contributed by atoms with Gasteiger partial charge in [-0.2, -0.15) is 0 Å². The Balaban J connectivity index is 2.02. The molecule has 0 aromatic heterocycles. The van der Waals surface area contributed by atoms with E-state index in [0.717, 1.165) is 45.2 Å². The predicted molar refractivity (Wildman–Crippen MR) is 70.4 cm³/mol. The highest BCUT2D eigenvalue weighted by Crippen LogP contribution is 2.18. The van der Waals surface area contributed by atoms with Crippen molar-refractivity contribution in [2.45, 2.75) is 44.2 Å². The van der Waals surface area contributed by atoms with E-state index in [1.54, 1.807) is 4.90 Å². The minimum absolute atomic E-state index is 0.00889. The molecule has 6 heteroatoms. The maximum atomic E-state index is 12.5. The lowest BCUT2D eigenvalue weighted by molar-refractivity contribution is -0.151. The lowest BCUT2D eigenvalue weighted by atomic mass is 10.0. The number of nitrogens with zero attached hydrogens (tertiary/aromatic N) is 1. The van der Waals surface area contributed by atoms with Crippen LogP contribution in [-0.4, -0.2) is 55.1 Å². The number of carbonyl (C=O) groups is 2. The van der Waals surface area contributed by atoms with Crippen molar-refractivity contribution in [3.63, 3.8) is 0 Å². The van der Waals surface area contributed by atoms with E-state index in [4.69, 9.17) is 10.5 Å². The number of amides is 2. The van der Waals surface area contributed by atoms with Gasteiger partial charge in [-0.25, -0.2) is 0 Å². The van der Waals surface area contributed by atoms with Crippen LogP contribution < -0.4 is 11.1 Å². The van der Waals surface area contributed by atoms with Crippen LogP contribution in [-0.2, 0) is 14.3 Å². The summed E-state index contributed by atoms with van der Waals surface area (Å²) in [5.74, 6) is -0.540. The Kier molecular flexibility index (Phi) is 5.15. The Labute approximate surface area is 113 Å². The fraction of sp³-hybridized carbons (Fsp3) is 0.846. The van der Waals surface area contributed by atoms with Gasteiger partial charge < -0.3 is 20.7 Å². The summed E-state index contributed by atoms with van der Waals surface area (Å²) in [6.07, 6.45) is 4.29. The number of hydrogen-bond donors (Lipinski definition) is 2. The molecule has 2 aliphatic rings. The maximum absolute atomic E-state index is 12.5. The topological polar surface area (TPSA) is 84.7 Å². The lowest BCUT2D eigenvalue weighted by Crippen LogP contribution is -2.54. The van der Waals surface area contributed by atoms with Gasteiger partial charge in [0.15, 0.2) is 0 Å². The molecule has 0 spiro atoms. The lowest BCUT2D eigenvalue weighted by Gasteiger charge is -2.36. The van der Waals surface area contributed by atoms with Crippen molar-refractivity contribution in [1.82, 2.24) is 10.2 Å². The van der Waals surface area contributed by atoms with Gasteiger partial charge in [0.05, 0.1) is 6.54 Å². The van der Waals surface area contributed by atoms with Crippen molar-refractivity contribution < 1.29 is 14.3 Å². The van der Waals surface area contributed by atoms with E-state index in [0.29, 0.717) is 6.61 Å². The molecule has 6 nitrogen and oxygen atoms in total. The van der Waals surface area contributed by atoms with Gasteiger partial charge >= 0.3 is 0 Å². The first kappa shape index (κ1) is 14.3. The van der Waals surface area contributed by atoms with Crippen LogP contribution in [0.2, 0.25) is 0 Å². The summed E-state index contributed by atoms with van der Waals surface area (Å²) in [4.78, 5) is 25.3. The summed E-state index contributed by atoms with van der Waals surface area (Å²) < 4.78 is 5.53. The van der Waals surface area contributed by atoms with Crippen molar-refractivity contribution in [1.29, 1.82) is 0 Å². The maximum Gasteiger partial charge on any atom is 0.252 e. The quantitative estimate of drug-likeness (QED) is 0.728. The monoisotopic (exact) mass is 269 g/mol. The van der Waals surface area contributed by atoms with Gasteiger partial charge in [0.1, 0.15) is 6.10 Å². The molecule has 2 unspecified atom stereocenters. The average molecular weight is 269 g/mol. The minimum atomic E-state index is -0.463. The fourth-order valence-electron chi connectivity index (χ4n) is 2.77. The number of hydrogen-bond acceptors (Lipinski definition) is 4. The molecule has 2 saturated heterocycles. The summed E-state index contributed by atoms with van der Waals surface area (Å²) >= 11 is 0. The molecule has 2 fully saturated rings. The van der Waals surface area contributed by atoms with Gasteiger partial charge in [-0.05, 0) is 38.6 Å². The molecule has 0 aromatic carbocycles. The van der Waals surface area contributed by atoms with E-state index in [2.05, 4.69) is 5.32 Å². The van der Waals surface area contributed by atoms with E-state index in [-0.39, 0.29) is 18.5 Å². The molecule has 3 N–H and O–H groups in total.